The Labute approximate surface area is 111 Å². The zero-order valence-corrected chi connectivity index (χ0v) is 11.9. The lowest BCUT2D eigenvalue weighted by Crippen LogP contribution is -2.30. The molecule has 1 aromatic carbocycles. The molecule has 0 spiro atoms. The van der Waals surface area contributed by atoms with Gasteiger partial charge < -0.3 is 5.32 Å². The summed E-state index contributed by atoms with van der Waals surface area (Å²) in [5, 5.41) is 3.55. The van der Waals surface area contributed by atoms with Crippen molar-refractivity contribution in [2.75, 3.05) is 19.6 Å². The summed E-state index contributed by atoms with van der Waals surface area (Å²) >= 11 is 0. The summed E-state index contributed by atoms with van der Waals surface area (Å²) in [6.45, 7) is 11.4. The summed E-state index contributed by atoms with van der Waals surface area (Å²) in [7, 11) is 0. The molecule has 1 unspecified atom stereocenters. The van der Waals surface area contributed by atoms with E-state index >= 15 is 0 Å². The second kappa shape index (κ2) is 6.35. The predicted octanol–water partition coefficient (Wildman–Crippen LogP) is 2.81. The van der Waals surface area contributed by atoms with Crippen LogP contribution in [0.5, 0.6) is 0 Å². The summed E-state index contributed by atoms with van der Waals surface area (Å²) in [5.41, 5.74) is 2.79. The fraction of sp³-hybridized carbons (Fsp3) is 0.625. The Hall–Kier alpha value is -0.860. The third-order valence-electron chi connectivity index (χ3n) is 3.71. The average Bonchev–Trinajstić information content (AvgIpc) is 2.77. The standard InChI is InChI=1S/C16H26N2/c1-13(2)17-10-16-8-9-18(12-16)11-15-6-4-14(3)5-7-15/h4-7,13,16-17H,8-12H2,1-3H3. The minimum Gasteiger partial charge on any atom is -0.314 e. The third kappa shape index (κ3) is 4.11. The number of nitrogens with zero attached hydrogens (tertiary/aromatic N) is 1. The normalized spacial score (nSPS) is 20.8. The van der Waals surface area contributed by atoms with Crippen molar-refractivity contribution in [1.82, 2.24) is 10.2 Å². The van der Waals surface area contributed by atoms with Gasteiger partial charge in [-0.1, -0.05) is 43.7 Å². The van der Waals surface area contributed by atoms with Crippen molar-refractivity contribution in [1.29, 1.82) is 0 Å². The summed E-state index contributed by atoms with van der Waals surface area (Å²) in [4.78, 5) is 2.58. The van der Waals surface area contributed by atoms with Gasteiger partial charge in [-0.3, -0.25) is 4.90 Å². The van der Waals surface area contributed by atoms with Crippen LogP contribution in [0.15, 0.2) is 24.3 Å². The Kier molecular flexibility index (Phi) is 4.79. The topological polar surface area (TPSA) is 15.3 Å². The van der Waals surface area contributed by atoms with Crippen molar-refractivity contribution in [2.45, 2.75) is 39.8 Å². The van der Waals surface area contributed by atoms with E-state index in [-0.39, 0.29) is 0 Å². The number of nitrogens with one attached hydrogen (secondary N) is 1. The molecule has 0 saturated carbocycles. The lowest BCUT2D eigenvalue weighted by molar-refractivity contribution is 0.313. The molecule has 1 heterocycles. The molecule has 0 bridgehead atoms. The van der Waals surface area contributed by atoms with Crippen LogP contribution in [0.1, 0.15) is 31.4 Å². The molecule has 2 heteroatoms. The maximum Gasteiger partial charge on any atom is 0.0233 e. The zero-order chi connectivity index (χ0) is 13.0. The molecule has 1 aliphatic heterocycles. The van der Waals surface area contributed by atoms with Gasteiger partial charge in [0.2, 0.25) is 0 Å². The molecule has 0 aliphatic carbocycles. The Balaban J connectivity index is 1.77. The highest BCUT2D eigenvalue weighted by Crippen LogP contribution is 2.18. The van der Waals surface area contributed by atoms with Gasteiger partial charge >= 0.3 is 0 Å². The Morgan fingerprint density at radius 2 is 2.00 bits per heavy atom. The highest BCUT2D eigenvalue weighted by atomic mass is 15.1. The maximum atomic E-state index is 3.55. The van der Waals surface area contributed by atoms with E-state index in [0.29, 0.717) is 6.04 Å². The van der Waals surface area contributed by atoms with Crippen molar-refractivity contribution in [2.24, 2.45) is 5.92 Å². The van der Waals surface area contributed by atoms with Crippen LogP contribution in [-0.2, 0) is 6.54 Å². The number of rotatable bonds is 5. The van der Waals surface area contributed by atoms with Crippen LogP contribution in [0.4, 0.5) is 0 Å². The molecule has 18 heavy (non-hydrogen) atoms. The number of benzene rings is 1. The maximum absolute atomic E-state index is 3.55. The Morgan fingerprint density at radius 3 is 2.67 bits per heavy atom. The van der Waals surface area contributed by atoms with E-state index < -0.39 is 0 Å². The van der Waals surface area contributed by atoms with Crippen molar-refractivity contribution in [3.8, 4) is 0 Å². The zero-order valence-electron chi connectivity index (χ0n) is 11.9. The highest BCUT2D eigenvalue weighted by molar-refractivity contribution is 5.21. The first-order chi connectivity index (χ1) is 8.63. The minimum atomic E-state index is 0.608. The molecular weight excluding hydrogens is 220 g/mol. The molecule has 2 nitrogen and oxygen atoms in total. The molecule has 0 radical (unpaired) electrons. The smallest absolute Gasteiger partial charge is 0.0233 e. The van der Waals surface area contributed by atoms with Gasteiger partial charge in [0.1, 0.15) is 0 Å². The number of aryl methyl sites for hydroxylation is 1. The van der Waals surface area contributed by atoms with Crippen LogP contribution in [0.25, 0.3) is 0 Å². The minimum absolute atomic E-state index is 0.608. The van der Waals surface area contributed by atoms with Gasteiger partial charge in [-0.15, -0.1) is 0 Å². The van der Waals surface area contributed by atoms with Crippen LogP contribution in [0.3, 0.4) is 0 Å². The van der Waals surface area contributed by atoms with Gasteiger partial charge in [0, 0.05) is 19.1 Å². The number of likely N-dealkylation sites (tertiary alicyclic amines) is 1. The molecular formula is C16H26N2. The summed E-state index contributed by atoms with van der Waals surface area (Å²) in [6, 6.07) is 9.55. The van der Waals surface area contributed by atoms with Gasteiger partial charge in [0.15, 0.2) is 0 Å². The van der Waals surface area contributed by atoms with Crippen molar-refractivity contribution >= 4 is 0 Å². The second-order valence-electron chi connectivity index (χ2n) is 5.94. The first kappa shape index (κ1) is 13.6. The van der Waals surface area contributed by atoms with Crippen molar-refractivity contribution < 1.29 is 0 Å². The van der Waals surface area contributed by atoms with Gasteiger partial charge in [-0.25, -0.2) is 0 Å². The largest absolute Gasteiger partial charge is 0.314 e. The first-order valence-electron chi connectivity index (χ1n) is 7.15. The molecule has 1 saturated heterocycles. The predicted molar refractivity (Wildman–Crippen MR) is 77.7 cm³/mol. The van der Waals surface area contributed by atoms with Gasteiger partial charge in [0.25, 0.3) is 0 Å². The van der Waals surface area contributed by atoms with Crippen molar-refractivity contribution in [3.63, 3.8) is 0 Å². The van der Waals surface area contributed by atoms with E-state index in [1.807, 2.05) is 0 Å². The molecule has 0 aromatic heterocycles. The van der Waals surface area contributed by atoms with Crippen LogP contribution in [0.2, 0.25) is 0 Å². The highest BCUT2D eigenvalue weighted by Gasteiger charge is 2.22. The van der Waals surface area contributed by atoms with Gasteiger partial charge in [-0.05, 0) is 37.9 Å². The van der Waals surface area contributed by atoms with Gasteiger partial charge in [-0.2, -0.15) is 0 Å². The fourth-order valence-electron chi connectivity index (χ4n) is 2.58. The lowest BCUT2D eigenvalue weighted by Gasteiger charge is -2.17. The average molecular weight is 246 g/mol. The third-order valence-corrected chi connectivity index (χ3v) is 3.71. The Morgan fingerprint density at radius 1 is 1.28 bits per heavy atom. The van der Waals surface area contributed by atoms with Crippen LogP contribution >= 0.6 is 0 Å². The van der Waals surface area contributed by atoms with Gasteiger partial charge in [0.05, 0.1) is 0 Å². The second-order valence-corrected chi connectivity index (χ2v) is 5.94. The summed E-state index contributed by atoms with van der Waals surface area (Å²) < 4.78 is 0. The van der Waals surface area contributed by atoms with Crippen LogP contribution in [0, 0.1) is 12.8 Å². The van der Waals surface area contributed by atoms with E-state index in [1.165, 1.54) is 37.2 Å². The van der Waals surface area contributed by atoms with E-state index in [1.54, 1.807) is 0 Å². The van der Waals surface area contributed by atoms with Crippen LogP contribution < -0.4 is 5.32 Å². The monoisotopic (exact) mass is 246 g/mol. The number of hydrogen-bond donors (Lipinski definition) is 1. The molecule has 1 N–H and O–H groups in total. The molecule has 100 valence electrons. The van der Waals surface area contributed by atoms with Crippen LogP contribution in [-0.4, -0.2) is 30.6 Å². The summed E-state index contributed by atoms with van der Waals surface area (Å²) in [6.07, 6.45) is 1.34. The van der Waals surface area contributed by atoms with E-state index in [0.717, 1.165) is 12.5 Å². The molecule has 0 amide bonds. The molecule has 1 atom stereocenters. The fourth-order valence-corrected chi connectivity index (χ4v) is 2.58. The van der Waals surface area contributed by atoms with E-state index in [9.17, 15) is 0 Å². The number of hydrogen-bond acceptors (Lipinski definition) is 2. The molecule has 2 rings (SSSR count). The SMILES string of the molecule is Cc1ccc(CN2CCC(CNC(C)C)C2)cc1. The summed E-state index contributed by atoms with van der Waals surface area (Å²) in [5.74, 6) is 0.831. The molecule has 1 aromatic rings. The Bertz CT molecular complexity index is 356. The molecule has 1 fully saturated rings. The quantitative estimate of drug-likeness (QED) is 0.859. The first-order valence-corrected chi connectivity index (χ1v) is 7.15. The lowest BCUT2D eigenvalue weighted by atomic mass is 10.1. The van der Waals surface area contributed by atoms with E-state index in [2.05, 4.69) is 55.3 Å². The van der Waals surface area contributed by atoms with E-state index in [4.69, 9.17) is 0 Å². The van der Waals surface area contributed by atoms with Crippen molar-refractivity contribution in [3.05, 3.63) is 35.4 Å². The molecule has 1 aliphatic rings.